The summed E-state index contributed by atoms with van der Waals surface area (Å²) in [5.74, 6) is 0.967. The summed E-state index contributed by atoms with van der Waals surface area (Å²) in [6, 6.07) is 18.6. The van der Waals surface area contributed by atoms with Crippen molar-refractivity contribution in [2.45, 2.75) is 10.9 Å². The second-order valence-corrected chi connectivity index (χ2v) is 7.59. The van der Waals surface area contributed by atoms with E-state index >= 15 is 0 Å². The van der Waals surface area contributed by atoms with Crippen LogP contribution in [0, 0.1) is 11.6 Å². The summed E-state index contributed by atoms with van der Waals surface area (Å²) in [6.45, 7) is 0. The van der Waals surface area contributed by atoms with Crippen LogP contribution < -0.4 is 9.47 Å². The average molecular weight is 439 g/mol. The van der Waals surface area contributed by atoms with E-state index in [1.807, 2.05) is 47.0 Å². The second kappa shape index (κ2) is 9.18. The van der Waals surface area contributed by atoms with Crippen molar-refractivity contribution in [1.29, 1.82) is 0 Å². The van der Waals surface area contributed by atoms with E-state index in [1.165, 1.54) is 23.9 Å². The van der Waals surface area contributed by atoms with Gasteiger partial charge in [0.15, 0.2) is 11.0 Å². The number of thioether (sulfide) groups is 1. The monoisotopic (exact) mass is 439 g/mol. The lowest BCUT2D eigenvalue weighted by molar-refractivity contribution is 0.394. The largest absolute Gasteiger partial charge is 0.497 e. The van der Waals surface area contributed by atoms with Gasteiger partial charge < -0.3 is 9.47 Å². The smallest absolute Gasteiger partial charge is 0.196 e. The lowest BCUT2D eigenvalue weighted by Gasteiger charge is -2.12. The Balaban J connectivity index is 1.76. The zero-order chi connectivity index (χ0) is 21.8. The van der Waals surface area contributed by atoms with Crippen molar-refractivity contribution in [3.8, 4) is 28.6 Å². The molecule has 1 aromatic heterocycles. The van der Waals surface area contributed by atoms with Crippen LogP contribution in [0.3, 0.4) is 0 Å². The number of hydrogen-bond acceptors (Lipinski definition) is 5. The normalized spacial score (nSPS) is 10.8. The summed E-state index contributed by atoms with van der Waals surface area (Å²) < 4.78 is 39.8. The summed E-state index contributed by atoms with van der Waals surface area (Å²) in [5.41, 5.74) is 2.14. The summed E-state index contributed by atoms with van der Waals surface area (Å²) in [6.07, 6.45) is 0. The average Bonchev–Trinajstić information content (AvgIpc) is 3.21. The van der Waals surface area contributed by atoms with E-state index in [1.54, 1.807) is 20.3 Å². The quantitative estimate of drug-likeness (QED) is 0.355. The van der Waals surface area contributed by atoms with Crippen LogP contribution in [0.5, 0.6) is 11.5 Å². The van der Waals surface area contributed by atoms with Gasteiger partial charge in [0.1, 0.15) is 23.1 Å². The number of methoxy groups -OCH3 is 2. The van der Waals surface area contributed by atoms with Gasteiger partial charge in [-0.25, -0.2) is 8.78 Å². The van der Waals surface area contributed by atoms with Crippen molar-refractivity contribution in [3.63, 3.8) is 0 Å². The SMILES string of the molecule is COc1cc(OC)cc(-c2nnc(SCc3cc(F)cc(F)c3)n2-c2ccccc2)c1. The van der Waals surface area contributed by atoms with Gasteiger partial charge in [-0.05, 0) is 42.0 Å². The number of hydrogen-bond donors (Lipinski definition) is 0. The number of para-hydroxylation sites is 1. The fourth-order valence-electron chi connectivity index (χ4n) is 3.14. The molecule has 158 valence electrons. The van der Waals surface area contributed by atoms with Gasteiger partial charge in [0.05, 0.1) is 14.2 Å². The molecule has 0 saturated carbocycles. The predicted molar refractivity (Wildman–Crippen MR) is 116 cm³/mol. The van der Waals surface area contributed by atoms with E-state index in [-0.39, 0.29) is 0 Å². The molecule has 4 rings (SSSR count). The Kier molecular flexibility index (Phi) is 6.18. The third-order valence-electron chi connectivity index (χ3n) is 4.55. The maximum absolute atomic E-state index is 13.6. The van der Waals surface area contributed by atoms with Gasteiger partial charge in [-0.3, -0.25) is 4.57 Å². The van der Waals surface area contributed by atoms with Crippen molar-refractivity contribution in [1.82, 2.24) is 14.8 Å². The Morgan fingerprint density at radius 3 is 2.10 bits per heavy atom. The van der Waals surface area contributed by atoms with Gasteiger partial charge in [-0.2, -0.15) is 0 Å². The van der Waals surface area contributed by atoms with Gasteiger partial charge >= 0.3 is 0 Å². The number of rotatable bonds is 7. The molecule has 0 N–H and O–H groups in total. The maximum atomic E-state index is 13.6. The van der Waals surface area contributed by atoms with E-state index in [9.17, 15) is 8.78 Å². The molecular weight excluding hydrogens is 420 g/mol. The second-order valence-electron chi connectivity index (χ2n) is 6.64. The van der Waals surface area contributed by atoms with E-state index in [0.29, 0.717) is 33.8 Å². The maximum Gasteiger partial charge on any atom is 0.196 e. The molecule has 0 aliphatic heterocycles. The fraction of sp³-hybridized carbons (Fsp3) is 0.130. The highest BCUT2D eigenvalue weighted by atomic mass is 32.2. The number of aromatic nitrogens is 3. The lowest BCUT2D eigenvalue weighted by atomic mass is 10.2. The first kappa shape index (κ1) is 20.9. The highest BCUT2D eigenvalue weighted by Crippen LogP contribution is 2.33. The number of benzene rings is 3. The molecule has 0 aliphatic rings. The molecule has 8 heteroatoms. The molecule has 0 unspecified atom stereocenters. The third kappa shape index (κ3) is 4.69. The molecule has 5 nitrogen and oxygen atoms in total. The number of ether oxygens (including phenoxy) is 2. The van der Waals surface area contributed by atoms with Crippen molar-refractivity contribution < 1.29 is 18.3 Å². The van der Waals surface area contributed by atoms with Gasteiger partial charge in [0.2, 0.25) is 0 Å². The fourth-order valence-corrected chi connectivity index (χ4v) is 4.02. The number of halogens is 2. The molecular formula is C23H19F2N3O2S. The van der Waals surface area contributed by atoms with Crippen molar-refractivity contribution in [3.05, 3.63) is 83.9 Å². The van der Waals surface area contributed by atoms with E-state index in [4.69, 9.17) is 9.47 Å². The Hall–Kier alpha value is -3.39. The highest BCUT2D eigenvalue weighted by Gasteiger charge is 2.18. The molecule has 0 spiro atoms. The minimum atomic E-state index is -0.607. The standard InChI is InChI=1S/C23H19F2N3O2S/c1-29-20-10-16(11-21(13-20)30-2)22-26-27-23(28(22)19-6-4-3-5-7-19)31-14-15-8-17(24)12-18(25)9-15/h3-13H,14H2,1-2H3. The Bertz CT molecular complexity index is 1160. The van der Waals surface area contributed by atoms with Crippen LogP contribution in [0.1, 0.15) is 5.56 Å². The van der Waals surface area contributed by atoms with Crippen LogP contribution in [0.25, 0.3) is 17.1 Å². The molecule has 3 aromatic carbocycles. The van der Waals surface area contributed by atoms with Crippen LogP contribution in [0.2, 0.25) is 0 Å². The van der Waals surface area contributed by atoms with Crippen LogP contribution in [0.4, 0.5) is 8.78 Å². The molecule has 4 aromatic rings. The van der Waals surface area contributed by atoms with Crippen LogP contribution in [-0.2, 0) is 5.75 Å². The summed E-state index contributed by atoms with van der Waals surface area (Å²) >= 11 is 1.34. The molecule has 0 amide bonds. The Morgan fingerprint density at radius 2 is 1.48 bits per heavy atom. The van der Waals surface area contributed by atoms with Crippen LogP contribution in [-0.4, -0.2) is 29.0 Å². The van der Waals surface area contributed by atoms with Gasteiger partial charge in [0, 0.05) is 29.1 Å². The van der Waals surface area contributed by atoms with Crippen LogP contribution in [0.15, 0.2) is 71.9 Å². The predicted octanol–water partition coefficient (Wildman–Crippen LogP) is 5.52. The zero-order valence-corrected chi connectivity index (χ0v) is 17.7. The van der Waals surface area contributed by atoms with E-state index < -0.39 is 11.6 Å². The molecule has 31 heavy (non-hydrogen) atoms. The molecule has 1 heterocycles. The first-order valence-electron chi connectivity index (χ1n) is 9.39. The van der Waals surface area contributed by atoms with E-state index in [2.05, 4.69) is 10.2 Å². The summed E-state index contributed by atoms with van der Waals surface area (Å²) in [5, 5.41) is 9.33. The van der Waals surface area contributed by atoms with Crippen molar-refractivity contribution >= 4 is 11.8 Å². The van der Waals surface area contributed by atoms with Crippen LogP contribution >= 0.6 is 11.8 Å². The molecule has 0 atom stereocenters. The Labute approximate surface area is 182 Å². The highest BCUT2D eigenvalue weighted by molar-refractivity contribution is 7.98. The summed E-state index contributed by atoms with van der Waals surface area (Å²) in [4.78, 5) is 0. The number of nitrogens with zero attached hydrogens (tertiary/aromatic N) is 3. The molecule has 0 bridgehead atoms. The first-order chi connectivity index (χ1) is 15.1. The van der Waals surface area contributed by atoms with Gasteiger partial charge in [-0.15, -0.1) is 10.2 Å². The summed E-state index contributed by atoms with van der Waals surface area (Å²) in [7, 11) is 3.17. The van der Waals surface area contributed by atoms with Crippen molar-refractivity contribution in [2.24, 2.45) is 0 Å². The molecule has 0 aliphatic carbocycles. The molecule has 0 radical (unpaired) electrons. The first-order valence-corrected chi connectivity index (χ1v) is 10.4. The zero-order valence-electron chi connectivity index (χ0n) is 16.9. The van der Waals surface area contributed by atoms with Crippen molar-refractivity contribution in [2.75, 3.05) is 14.2 Å². The molecule has 0 saturated heterocycles. The Morgan fingerprint density at radius 1 is 0.839 bits per heavy atom. The topological polar surface area (TPSA) is 49.2 Å². The van der Waals surface area contributed by atoms with Gasteiger partial charge in [-0.1, -0.05) is 30.0 Å². The lowest BCUT2D eigenvalue weighted by Crippen LogP contribution is -2.00. The third-order valence-corrected chi connectivity index (χ3v) is 5.55. The minimum Gasteiger partial charge on any atom is -0.497 e. The minimum absolute atomic E-state index is 0.334. The van der Waals surface area contributed by atoms with Gasteiger partial charge in [0.25, 0.3) is 0 Å². The molecule has 0 fully saturated rings. The van der Waals surface area contributed by atoms with E-state index in [0.717, 1.165) is 17.3 Å².